The lowest BCUT2D eigenvalue weighted by molar-refractivity contribution is -0.143. The summed E-state index contributed by atoms with van der Waals surface area (Å²) >= 11 is 6.57. The molecule has 0 amide bonds. The minimum absolute atomic E-state index is 0.0589. The van der Waals surface area contributed by atoms with Crippen LogP contribution in [0.3, 0.4) is 0 Å². The van der Waals surface area contributed by atoms with Crippen molar-refractivity contribution in [2.75, 3.05) is 0 Å². The van der Waals surface area contributed by atoms with Crippen molar-refractivity contribution in [2.24, 2.45) is 10.8 Å². The number of Topliss-reactive ketones (excluding diaryl/α,β-unsaturated/α-hetero) is 1. The highest BCUT2D eigenvalue weighted by Gasteiger charge is 2.44. The first-order valence-corrected chi connectivity index (χ1v) is 8.71. The zero-order valence-corrected chi connectivity index (χ0v) is 15.6. The molecule has 128 valence electrons. The van der Waals surface area contributed by atoms with Crippen LogP contribution >= 0.6 is 11.6 Å². The summed E-state index contributed by atoms with van der Waals surface area (Å²) in [4.78, 5) is 24.3. The molecule has 1 aromatic rings. The van der Waals surface area contributed by atoms with Crippen molar-refractivity contribution in [3.8, 4) is 5.75 Å². The lowest BCUT2D eigenvalue weighted by Gasteiger charge is -2.31. The van der Waals surface area contributed by atoms with Gasteiger partial charge in [-0.15, -0.1) is 0 Å². The predicted octanol–water partition coefficient (Wildman–Crippen LogP) is 4.99. The number of hydrogen-bond acceptors (Lipinski definition) is 3. The van der Waals surface area contributed by atoms with Gasteiger partial charge in [-0.1, -0.05) is 24.6 Å². The maximum absolute atomic E-state index is 12.2. The maximum Gasteiger partial charge on any atom is 0.316 e. The standard InChI is InChI=1S/C20H23ClO3/c1-11-14(22)8-9-20(5)10-13-12(16(11)20)6-7-15(17(13)21)24-18(23)19(2,3)4/h6-7H,8-10H2,1-5H3. The van der Waals surface area contributed by atoms with Crippen LogP contribution in [0.4, 0.5) is 0 Å². The fourth-order valence-corrected chi connectivity index (χ4v) is 4.00. The second kappa shape index (κ2) is 5.45. The summed E-state index contributed by atoms with van der Waals surface area (Å²) in [7, 11) is 0. The third-order valence-electron chi connectivity index (χ3n) is 5.16. The summed E-state index contributed by atoms with van der Waals surface area (Å²) in [5.74, 6) is 0.313. The predicted molar refractivity (Wildman–Crippen MR) is 95.2 cm³/mol. The molecule has 0 aromatic heterocycles. The van der Waals surface area contributed by atoms with Crippen LogP contribution < -0.4 is 4.74 Å². The van der Waals surface area contributed by atoms with Crippen LogP contribution in [0.1, 0.15) is 58.6 Å². The summed E-state index contributed by atoms with van der Waals surface area (Å²) in [6.07, 6.45) is 2.20. The lowest BCUT2D eigenvalue weighted by Crippen LogP contribution is -2.25. The molecule has 0 aliphatic heterocycles. The molecule has 0 spiro atoms. The lowest BCUT2D eigenvalue weighted by atomic mass is 9.71. The largest absolute Gasteiger partial charge is 0.425 e. The molecule has 2 aliphatic rings. The van der Waals surface area contributed by atoms with Gasteiger partial charge in [-0.25, -0.2) is 0 Å². The Kier molecular flexibility index (Phi) is 3.91. The molecule has 0 heterocycles. The first kappa shape index (κ1) is 17.2. The monoisotopic (exact) mass is 346 g/mol. The Bertz CT molecular complexity index is 783. The fourth-order valence-electron chi connectivity index (χ4n) is 3.73. The van der Waals surface area contributed by atoms with Crippen LogP contribution in [-0.4, -0.2) is 11.8 Å². The van der Waals surface area contributed by atoms with Crippen LogP contribution in [-0.2, 0) is 16.0 Å². The van der Waals surface area contributed by atoms with E-state index in [9.17, 15) is 9.59 Å². The molecule has 0 saturated heterocycles. The van der Waals surface area contributed by atoms with Crippen molar-refractivity contribution in [3.05, 3.63) is 33.9 Å². The first-order chi connectivity index (χ1) is 11.0. The Morgan fingerprint density at radius 3 is 2.58 bits per heavy atom. The Labute approximate surface area is 148 Å². The molecule has 0 bridgehead atoms. The van der Waals surface area contributed by atoms with Gasteiger partial charge < -0.3 is 4.74 Å². The molecule has 4 heteroatoms. The Morgan fingerprint density at radius 1 is 1.29 bits per heavy atom. The highest BCUT2D eigenvalue weighted by atomic mass is 35.5. The molecule has 1 aromatic carbocycles. The minimum Gasteiger partial charge on any atom is -0.425 e. The third kappa shape index (κ3) is 2.59. The topological polar surface area (TPSA) is 43.4 Å². The van der Waals surface area contributed by atoms with Crippen molar-refractivity contribution in [1.29, 1.82) is 0 Å². The first-order valence-electron chi connectivity index (χ1n) is 8.33. The molecule has 0 saturated carbocycles. The van der Waals surface area contributed by atoms with Gasteiger partial charge in [-0.3, -0.25) is 9.59 Å². The second-order valence-corrected chi connectivity index (χ2v) is 8.58. The molecule has 0 radical (unpaired) electrons. The van der Waals surface area contributed by atoms with Crippen molar-refractivity contribution in [2.45, 2.75) is 53.9 Å². The van der Waals surface area contributed by atoms with Gasteiger partial charge >= 0.3 is 5.97 Å². The van der Waals surface area contributed by atoms with Crippen molar-refractivity contribution < 1.29 is 14.3 Å². The van der Waals surface area contributed by atoms with Crippen LogP contribution in [0.25, 0.3) is 5.57 Å². The van der Waals surface area contributed by atoms with E-state index >= 15 is 0 Å². The number of benzene rings is 1. The highest BCUT2D eigenvalue weighted by Crippen LogP contribution is 2.55. The number of fused-ring (bicyclic) bond motifs is 3. The smallest absolute Gasteiger partial charge is 0.316 e. The summed E-state index contributed by atoms with van der Waals surface area (Å²) in [5, 5.41) is 0.494. The normalized spacial score (nSPS) is 23.2. The van der Waals surface area contributed by atoms with E-state index < -0.39 is 5.41 Å². The van der Waals surface area contributed by atoms with E-state index in [0.717, 1.165) is 35.1 Å². The van der Waals surface area contributed by atoms with Gasteiger partial charge in [-0.2, -0.15) is 0 Å². The number of ketones is 1. The van der Waals surface area contributed by atoms with E-state index in [1.54, 1.807) is 6.07 Å². The summed E-state index contributed by atoms with van der Waals surface area (Å²) in [6.45, 7) is 9.53. The number of allylic oxidation sites excluding steroid dienone is 2. The van der Waals surface area contributed by atoms with Gasteiger partial charge in [0.05, 0.1) is 10.4 Å². The SMILES string of the molecule is CC1=C2c3ccc(OC(=O)C(C)(C)C)c(Cl)c3CC2(C)CCC1=O. The zero-order chi connectivity index (χ0) is 17.9. The quantitative estimate of drug-likeness (QED) is 0.531. The van der Waals surface area contributed by atoms with Gasteiger partial charge in [-0.05, 0) is 74.3 Å². The molecule has 3 rings (SSSR count). The zero-order valence-electron chi connectivity index (χ0n) is 14.9. The highest BCUT2D eigenvalue weighted by molar-refractivity contribution is 6.33. The van der Waals surface area contributed by atoms with Crippen molar-refractivity contribution in [3.63, 3.8) is 0 Å². The molecule has 3 nitrogen and oxygen atoms in total. The molecule has 0 fully saturated rings. The number of carbonyl (C=O) groups is 2. The van der Waals surface area contributed by atoms with Gasteiger partial charge in [0.15, 0.2) is 5.78 Å². The van der Waals surface area contributed by atoms with E-state index in [-0.39, 0.29) is 17.2 Å². The summed E-state index contributed by atoms with van der Waals surface area (Å²) in [6, 6.07) is 3.69. The Hall–Kier alpha value is -1.61. The number of rotatable bonds is 1. The minimum atomic E-state index is -0.589. The number of ether oxygens (including phenoxy) is 1. The molecule has 0 N–H and O–H groups in total. The van der Waals surface area contributed by atoms with Crippen molar-refractivity contribution >= 4 is 28.9 Å². The average Bonchev–Trinajstić information content (AvgIpc) is 2.79. The summed E-state index contributed by atoms with van der Waals surface area (Å²) < 4.78 is 5.52. The summed E-state index contributed by atoms with van der Waals surface area (Å²) in [5.41, 5.74) is 3.33. The van der Waals surface area contributed by atoms with E-state index in [2.05, 4.69) is 6.92 Å². The Balaban J connectivity index is 2.06. The molecular formula is C20H23ClO3. The van der Waals surface area contributed by atoms with Gasteiger partial charge in [0, 0.05) is 6.42 Å². The number of hydrogen-bond donors (Lipinski definition) is 0. The third-order valence-corrected chi connectivity index (χ3v) is 5.57. The number of esters is 1. The number of halogens is 1. The van der Waals surface area contributed by atoms with Gasteiger partial charge in [0.2, 0.25) is 0 Å². The van der Waals surface area contributed by atoms with E-state index in [0.29, 0.717) is 17.2 Å². The van der Waals surface area contributed by atoms with Gasteiger partial charge in [0.25, 0.3) is 0 Å². The molecule has 2 aliphatic carbocycles. The second-order valence-electron chi connectivity index (χ2n) is 8.20. The molecule has 1 unspecified atom stereocenters. The van der Waals surface area contributed by atoms with Crippen LogP contribution in [0.5, 0.6) is 5.75 Å². The van der Waals surface area contributed by atoms with E-state index in [1.165, 1.54) is 0 Å². The van der Waals surface area contributed by atoms with E-state index in [4.69, 9.17) is 16.3 Å². The average molecular weight is 347 g/mol. The molecular weight excluding hydrogens is 324 g/mol. The van der Waals surface area contributed by atoms with E-state index in [1.807, 2.05) is 33.8 Å². The van der Waals surface area contributed by atoms with Crippen LogP contribution in [0.15, 0.2) is 17.7 Å². The van der Waals surface area contributed by atoms with Gasteiger partial charge in [0.1, 0.15) is 5.75 Å². The molecule has 24 heavy (non-hydrogen) atoms. The fraction of sp³-hybridized carbons (Fsp3) is 0.500. The molecule has 1 atom stereocenters. The van der Waals surface area contributed by atoms with Crippen LogP contribution in [0.2, 0.25) is 5.02 Å². The van der Waals surface area contributed by atoms with Crippen LogP contribution in [0, 0.1) is 10.8 Å². The Morgan fingerprint density at radius 2 is 1.96 bits per heavy atom. The van der Waals surface area contributed by atoms with Crippen molar-refractivity contribution in [1.82, 2.24) is 0 Å². The number of carbonyl (C=O) groups excluding carboxylic acids is 2. The maximum atomic E-state index is 12.2.